The van der Waals surface area contributed by atoms with Gasteiger partial charge in [0.1, 0.15) is 0 Å². The molecule has 0 spiro atoms. The average molecular weight is 338 g/mol. The Hall–Kier alpha value is -2.56. The molecule has 1 aromatic heterocycles. The average Bonchev–Trinajstić information content (AvgIpc) is 3.28. The Balaban J connectivity index is 1.68. The van der Waals surface area contributed by atoms with Gasteiger partial charge in [-0.25, -0.2) is 0 Å². The molecule has 0 aliphatic carbocycles. The predicted octanol–water partition coefficient (Wildman–Crippen LogP) is 3.01. The number of carboxylic acids is 1. The largest absolute Gasteiger partial charge is 0.481 e. The second kappa shape index (κ2) is 5.76. The Morgan fingerprint density at radius 3 is 2.64 bits per heavy atom. The zero-order valence-corrected chi connectivity index (χ0v) is 14.2. The number of hydrogen-bond acceptors (Lipinski definition) is 2. The van der Waals surface area contributed by atoms with Gasteiger partial charge in [0.2, 0.25) is 0 Å². The molecule has 2 bridgehead atoms. The minimum atomic E-state index is -0.885. The molecule has 2 aromatic rings. The number of H-pyrrole nitrogens is 1. The molecule has 2 aliphatic rings. The summed E-state index contributed by atoms with van der Waals surface area (Å²) in [5.74, 6) is -0.824. The number of benzene rings is 1. The SMILES string of the molecule is Cc1[nH]ccc1C(=O)N1[C@H]2CC[C@@H]1[C@](Cc1ccccc1)(C(=O)O)C2. The number of fused-ring (bicyclic) bond motifs is 2. The smallest absolute Gasteiger partial charge is 0.312 e. The van der Waals surface area contributed by atoms with Crippen molar-refractivity contribution in [1.82, 2.24) is 9.88 Å². The number of aryl methyl sites for hydroxylation is 1. The number of amides is 1. The number of nitrogens with one attached hydrogen (secondary N) is 1. The lowest BCUT2D eigenvalue weighted by molar-refractivity contribution is -0.150. The van der Waals surface area contributed by atoms with Crippen LogP contribution in [0.1, 0.15) is 40.9 Å². The molecule has 2 N–H and O–H groups in total. The molecule has 3 heterocycles. The van der Waals surface area contributed by atoms with E-state index in [1.165, 1.54) is 0 Å². The summed E-state index contributed by atoms with van der Waals surface area (Å²) in [6, 6.07) is 11.3. The van der Waals surface area contributed by atoms with E-state index >= 15 is 0 Å². The molecule has 1 amide bonds. The fourth-order valence-electron chi connectivity index (χ4n) is 4.77. The predicted molar refractivity (Wildman–Crippen MR) is 93.3 cm³/mol. The van der Waals surface area contributed by atoms with Gasteiger partial charge in [-0.1, -0.05) is 30.3 Å². The van der Waals surface area contributed by atoms with Crippen LogP contribution in [0.25, 0.3) is 0 Å². The molecule has 130 valence electrons. The lowest BCUT2D eigenvalue weighted by atomic mass is 9.70. The van der Waals surface area contributed by atoms with E-state index in [-0.39, 0.29) is 18.0 Å². The van der Waals surface area contributed by atoms with Crippen molar-refractivity contribution in [3.05, 3.63) is 59.4 Å². The maximum atomic E-state index is 13.1. The van der Waals surface area contributed by atoms with Crippen LogP contribution in [0.2, 0.25) is 0 Å². The van der Waals surface area contributed by atoms with Gasteiger partial charge >= 0.3 is 5.97 Å². The molecule has 1 aromatic carbocycles. The molecule has 5 nitrogen and oxygen atoms in total. The number of carboxylic acid groups (broad SMARTS) is 1. The summed E-state index contributed by atoms with van der Waals surface area (Å²) in [7, 11) is 0. The molecular formula is C20H22N2O3. The number of aromatic nitrogens is 1. The highest BCUT2D eigenvalue weighted by Crippen LogP contribution is 2.52. The molecule has 3 atom stereocenters. The second-order valence-corrected chi connectivity index (χ2v) is 7.30. The first-order valence-corrected chi connectivity index (χ1v) is 8.77. The van der Waals surface area contributed by atoms with Crippen molar-refractivity contribution in [1.29, 1.82) is 0 Å². The van der Waals surface area contributed by atoms with Crippen LogP contribution < -0.4 is 0 Å². The van der Waals surface area contributed by atoms with Crippen LogP contribution in [0.4, 0.5) is 0 Å². The first-order valence-electron chi connectivity index (χ1n) is 8.77. The van der Waals surface area contributed by atoms with Crippen LogP contribution in [-0.2, 0) is 11.2 Å². The second-order valence-electron chi connectivity index (χ2n) is 7.30. The van der Waals surface area contributed by atoms with E-state index in [0.29, 0.717) is 18.4 Å². The first-order chi connectivity index (χ1) is 12.0. The third-order valence-electron chi connectivity index (χ3n) is 5.95. The summed E-state index contributed by atoms with van der Waals surface area (Å²) >= 11 is 0. The van der Waals surface area contributed by atoms with Crippen LogP contribution in [0, 0.1) is 12.3 Å². The van der Waals surface area contributed by atoms with E-state index in [1.807, 2.05) is 42.2 Å². The fourth-order valence-corrected chi connectivity index (χ4v) is 4.77. The minimum Gasteiger partial charge on any atom is -0.481 e. The van der Waals surface area contributed by atoms with Crippen LogP contribution in [0.3, 0.4) is 0 Å². The number of carbonyl (C=O) groups excluding carboxylic acids is 1. The normalized spacial score (nSPS) is 27.6. The summed E-state index contributed by atoms with van der Waals surface area (Å²) in [6.07, 6.45) is 4.43. The van der Waals surface area contributed by atoms with Crippen LogP contribution in [0.15, 0.2) is 42.6 Å². The third-order valence-corrected chi connectivity index (χ3v) is 5.95. The van der Waals surface area contributed by atoms with E-state index in [0.717, 1.165) is 24.1 Å². The van der Waals surface area contributed by atoms with Gasteiger partial charge in [0.05, 0.1) is 11.0 Å². The topological polar surface area (TPSA) is 73.4 Å². The van der Waals surface area contributed by atoms with Crippen LogP contribution >= 0.6 is 0 Å². The first kappa shape index (κ1) is 15.9. The Bertz CT molecular complexity index is 813. The quantitative estimate of drug-likeness (QED) is 0.900. The molecule has 25 heavy (non-hydrogen) atoms. The van der Waals surface area contributed by atoms with Gasteiger partial charge in [0.25, 0.3) is 5.91 Å². The van der Waals surface area contributed by atoms with Crippen molar-refractivity contribution < 1.29 is 14.7 Å². The van der Waals surface area contributed by atoms with Gasteiger partial charge in [-0.2, -0.15) is 0 Å². The van der Waals surface area contributed by atoms with Crippen molar-refractivity contribution in [2.75, 3.05) is 0 Å². The van der Waals surface area contributed by atoms with E-state index in [1.54, 1.807) is 12.3 Å². The van der Waals surface area contributed by atoms with Crippen LogP contribution in [0.5, 0.6) is 0 Å². The number of hydrogen-bond donors (Lipinski definition) is 2. The van der Waals surface area contributed by atoms with Crippen molar-refractivity contribution in [2.24, 2.45) is 5.41 Å². The molecule has 4 rings (SSSR count). The minimum absolute atomic E-state index is 0.0200. The van der Waals surface area contributed by atoms with Gasteiger partial charge in [0.15, 0.2) is 0 Å². The standard InChI is InChI=1S/C20H22N2O3/c1-13-16(9-10-21-13)18(23)22-15-7-8-17(22)20(12-15,19(24)25)11-14-5-3-2-4-6-14/h2-6,9-10,15,17,21H,7-8,11-12H2,1H3,(H,24,25)/t15-,17+,20+/m0/s1. The molecular weight excluding hydrogens is 316 g/mol. The highest BCUT2D eigenvalue weighted by atomic mass is 16.4. The van der Waals surface area contributed by atoms with Gasteiger partial charge < -0.3 is 15.0 Å². The number of aliphatic carboxylic acids is 1. The Morgan fingerprint density at radius 2 is 2.00 bits per heavy atom. The molecule has 2 fully saturated rings. The number of nitrogens with zero attached hydrogens (tertiary/aromatic N) is 1. The summed E-state index contributed by atoms with van der Waals surface area (Å²) in [6.45, 7) is 1.87. The van der Waals surface area contributed by atoms with Crippen molar-refractivity contribution in [3.8, 4) is 0 Å². The van der Waals surface area contributed by atoms with Crippen LogP contribution in [-0.4, -0.2) is 39.0 Å². The summed E-state index contributed by atoms with van der Waals surface area (Å²) in [5.41, 5.74) is 1.62. The summed E-state index contributed by atoms with van der Waals surface area (Å²) in [4.78, 5) is 30.3. The highest BCUT2D eigenvalue weighted by Gasteiger charge is 2.61. The zero-order valence-electron chi connectivity index (χ0n) is 14.2. The van der Waals surface area contributed by atoms with Crippen molar-refractivity contribution in [2.45, 2.75) is 44.7 Å². The van der Waals surface area contributed by atoms with Gasteiger partial charge in [-0.05, 0) is 44.2 Å². The lowest BCUT2D eigenvalue weighted by Gasteiger charge is -2.33. The zero-order chi connectivity index (χ0) is 17.6. The number of carbonyl (C=O) groups is 2. The van der Waals surface area contributed by atoms with Gasteiger partial charge in [0, 0.05) is 24.0 Å². The van der Waals surface area contributed by atoms with E-state index in [2.05, 4.69) is 4.98 Å². The maximum Gasteiger partial charge on any atom is 0.312 e. The van der Waals surface area contributed by atoms with E-state index in [4.69, 9.17) is 0 Å². The Kier molecular flexibility index (Phi) is 3.67. The third kappa shape index (κ3) is 2.37. The van der Waals surface area contributed by atoms with E-state index < -0.39 is 11.4 Å². The molecule has 5 heteroatoms. The van der Waals surface area contributed by atoms with Crippen molar-refractivity contribution in [3.63, 3.8) is 0 Å². The summed E-state index contributed by atoms with van der Waals surface area (Å²) < 4.78 is 0. The highest BCUT2D eigenvalue weighted by molar-refractivity contribution is 5.97. The molecule has 2 saturated heterocycles. The summed E-state index contributed by atoms with van der Waals surface area (Å²) in [5, 5.41) is 10.1. The van der Waals surface area contributed by atoms with E-state index in [9.17, 15) is 14.7 Å². The monoisotopic (exact) mass is 338 g/mol. The fraction of sp³-hybridized carbons (Fsp3) is 0.400. The number of aromatic amines is 1. The van der Waals surface area contributed by atoms with Gasteiger partial charge in [-0.3, -0.25) is 9.59 Å². The Labute approximate surface area is 146 Å². The maximum absolute atomic E-state index is 13.1. The molecule has 2 aliphatic heterocycles. The Morgan fingerprint density at radius 1 is 1.24 bits per heavy atom. The van der Waals surface area contributed by atoms with Gasteiger partial charge in [-0.15, -0.1) is 0 Å². The molecule has 0 radical (unpaired) electrons. The lowest BCUT2D eigenvalue weighted by Crippen LogP contribution is -2.46. The number of rotatable bonds is 4. The molecule has 0 unspecified atom stereocenters. The van der Waals surface area contributed by atoms with Crippen molar-refractivity contribution >= 4 is 11.9 Å². The molecule has 0 saturated carbocycles.